The van der Waals surface area contributed by atoms with Crippen LogP contribution in [0, 0.1) is 0 Å². The van der Waals surface area contributed by atoms with Crippen molar-refractivity contribution in [2.75, 3.05) is 19.6 Å². The summed E-state index contributed by atoms with van der Waals surface area (Å²) >= 11 is 0. The molecule has 3 N–H and O–H groups in total. The number of hydrogen-bond acceptors (Lipinski definition) is 5. The van der Waals surface area contributed by atoms with E-state index in [9.17, 15) is 4.79 Å². The van der Waals surface area contributed by atoms with Crippen molar-refractivity contribution in [1.82, 2.24) is 25.2 Å². The number of aryl methyl sites for hydroxylation is 1. The van der Waals surface area contributed by atoms with Gasteiger partial charge in [-0.1, -0.05) is 35.5 Å². The van der Waals surface area contributed by atoms with Crippen LogP contribution in [-0.2, 0) is 13.1 Å². The largest absolute Gasteiger partial charge is 0.330 e. The van der Waals surface area contributed by atoms with Gasteiger partial charge in [0.2, 0.25) is 0 Å². The second-order valence-electron chi connectivity index (χ2n) is 6.41. The number of benzene rings is 1. The molecule has 7 nitrogen and oxygen atoms in total. The summed E-state index contributed by atoms with van der Waals surface area (Å²) in [7, 11) is 0. The predicted octanol–water partition coefficient (Wildman–Crippen LogP) is 1.02. The number of nitrogens with two attached hydrogens (primary N) is 1. The van der Waals surface area contributed by atoms with Crippen LogP contribution in [0.15, 0.2) is 36.5 Å². The topological polar surface area (TPSA) is 89.1 Å². The Balaban J connectivity index is 1.77. The number of carbonyl (C=O) groups excluding carboxylic acids is 1. The first-order valence-corrected chi connectivity index (χ1v) is 8.93. The molecule has 1 amide bonds. The lowest BCUT2D eigenvalue weighted by Crippen LogP contribution is -2.45. The molecule has 25 heavy (non-hydrogen) atoms. The maximum Gasteiger partial charge on any atom is 0.276 e. The van der Waals surface area contributed by atoms with E-state index in [2.05, 4.69) is 27.8 Å². The Kier molecular flexibility index (Phi) is 6.14. The van der Waals surface area contributed by atoms with Crippen molar-refractivity contribution in [3.8, 4) is 0 Å². The Morgan fingerprint density at radius 1 is 1.28 bits per heavy atom. The summed E-state index contributed by atoms with van der Waals surface area (Å²) in [6.45, 7) is 3.75. The highest BCUT2D eigenvalue weighted by Crippen LogP contribution is 2.18. The molecule has 0 saturated carbocycles. The highest BCUT2D eigenvalue weighted by Gasteiger charge is 2.28. The molecule has 1 aromatic carbocycles. The third-order valence-electron chi connectivity index (χ3n) is 4.56. The molecular formula is C18H26N6O. The van der Waals surface area contributed by atoms with E-state index in [0.29, 0.717) is 25.3 Å². The molecule has 2 heterocycles. The Bertz CT molecular complexity index is 665. The predicted molar refractivity (Wildman–Crippen MR) is 95.9 cm³/mol. The van der Waals surface area contributed by atoms with Crippen molar-refractivity contribution < 1.29 is 4.79 Å². The molecule has 0 bridgehead atoms. The van der Waals surface area contributed by atoms with Crippen molar-refractivity contribution >= 4 is 5.91 Å². The summed E-state index contributed by atoms with van der Waals surface area (Å²) in [6, 6.07) is 10.3. The van der Waals surface area contributed by atoms with Crippen molar-refractivity contribution in [3.63, 3.8) is 0 Å². The highest BCUT2D eigenvalue weighted by molar-refractivity contribution is 5.92. The molecule has 0 aliphatic carbocycles. The lowest BCUT2D eigenvalue weighted by Gasteiger charge is -2.34. The number of rotatable bonds is 7. The fraction of sp³-hybridized carbons (Fsp3) is 0.500. The minimum atomic E-state index is -0.0465. The first kappa shape index (κ1) is 17.6. The van der Waals surface area contributed by atoms with Gasteiger partial charge in [-0.25, -0.2) is 0 Å². The summed E-state index contributed by atoms with van der Waals surface area (Å²) in [6.07, 6.45) is 4.47. The summed E-state index contributed by atoms with van der Waals surface area (Å²) in [5.74, 6) is -0.0465. The van der Waals surface area contributed by atoms with E-state index in [1.54, 1.807) is 10.9 Å². The molecule has 0 unspecified atom stereocenters. The van der Waals surface area contributed by atoms with E-state index >= 15 is 0 Å². The Labute approximate surface area is 148 Å². The molecule has 1 fully saturated rings. The molecule has 0 spiro atoms. The van der Waals surface area contributed by atoms with Gasteiger partial charge in [-0.05, 0) is 44.5 Å². The van der Waals surface area contributed by atoms with Crippen LogP contribution in [0.4, 0.5) is 0 Å². The van der Waals surface area contributed by atoms with Crippen LogP contribution in [0.25, 0.3) is 0 Å². The Hall–Kier alpha value is -2.25. The quantitative estimate of drug-likeness (QED) is 0.784. The van der Waals surface area contributed by atoms with Crippen LogP contribution in [0.3, 0.4) is 0 Å². The van der Waals surface area contributed by atoms with E-state index in [1.807, 2.05) is 23.1 Å². The molecule has 1 aliphatic heterocycles. The van der Waals surface area contributed by atoms with Crippen LogP contribution in [-0.4, -0.2) is 51.5 Å². The molecule has 1 aromatic heterocycles. The van der Waals surface area contributed by atoms with Crippen molar-refractivity contribution in [3.05, 3.63) is 47.8 Å². The maximum absolute atomic E-state index is 13.1. The number of nitrogens with one attached hydrogen (secondary N) is 1. The molecule has 2 aromatic rings. The van der Waals surface area contributed by atoms with Crippen LogP contribution < -0.4 is 11.1 Å². The normalized spacial score (nSPS) is 15.2. The van der Waals surface area contributed by atoms with E-state index in [0.717, 1.165) is 37.9 Å². The Morgan fingerprint density at radius 2 is 2.04 bits per heavy atom. The van der Waals surface area contributed by atoms with Crippen LogP contribution in [0.1, 0.15) is 35.3 Å². The van der Waals surface area contributed by atoms with E-state index in [-0.39, 0.29) is 11.9 Å². The summed E-state index contributed by atoms with van der Waals surface area (Å²) < 4.78 is 1.70. The van der Waals surface area contributed by atoms with Crippen LogP contribution in [0.5, 0.6) is 0 Å². The lowest BCUT2D eigenvalue weighted by atomic mass is 10.0. The van der Waals surface area contributed by atoms with Gasteiger partial charge >= 0.3 is 0 Å². The molecule has 1 aliphatic rings. The monoisotopic (exact) mass is 342 g/mol. The zero-order chi connectivity index (χ0) is 17.5. The van der Waals surface area contributed by atoms with Gasteiger partial charge in [0.05, 0.1) is 6.20 Å². The zero-order valence-electron chi connectivity index (χ0n) is 14.5. The van der Waals surface area contributed by atoms with Crippen molar-refractivity contribution in [1.29, 1.82) is 0 Å². The smallest absolute Gasteiger partial charge is 0.276 e. The molecule has 3 rings (SSSR count). The third kappa shape index (κ3) is 4.64. The first-order chi connectivity index (χ1) is 12.3. The van der Waals surface area contributed by atoms with E-state index < -0.39 is 0 Å². The fourth-order valence-corrected chi connectivity index (χ4v) is 3.17. The number of carbonyl (C=O) groups is 1. The number of piperidine rings is 1. The van der Waals surface area contributed by atoms with Gasteiger partial charge in [-0.3, -0.25) is 9.48 Å². The van der Waals surface area contributed by atoms with Gasteiger partial charge in [-0.2, -0.15) is 0 Å². The summed E-state index contributed by atoms with van der Waals surface area (Å²) in [4.78, 5) is 15.1. The molecule has 134 valence electrons. The molecule has 1 saturated heterocycles. The minimum absolute atomic E-state index is 0.0465. The van der Waals surface area contributed by atoms with Gasteiger partial charge in [0.15, 0.2) is 5.69 Å². The highest BCUT2D eigenvalue weighted by atomic mass is 16.2. The Morgan fingerprint density at radius 3 is 2.76 bits per heavy atom. The van der Waals surface area contributed by atoms with Gasteiger partial charge in [0.1, 0.15) is 0 Å². The molecule has 0 atom stereocenters. The number of aromatic nitrogens is 3. The SMILES string of the molecule is NCCCn1cc(C(=O)N(Cc2ccccc2)C2CCNCC2)nn1. The van der Waals surface area contributed by atoms with Crippen LogP contribution >= 0.6 is 0 Å². The number of hydrogen-bond donors (Lipinski definition) is 2. The van der Waals surface area contributed by atoms with E-state index in [4.69, 9.17) is 5.73 Å². The molecular weight excluding hydrogens is 316 g/mol. The van der Waals surface area contributed by atoms with Crippen molar-refractivity contribution in [2.24, 2.45) is 5.73 Å². The standard InChI is InChI=1S/C18H26N6O/c19-9-4-12-23-14-17(21-22-23)18(25)24(16-7-10-20-11-8-16)13-15-5-2-1-3-6-15/h1-3,5-6,14,16,20H,4,7-13,19H2. The minimum Gasteiger partial charge on any atom is -0.330 e. The first-order valence-electron chi connectivity index (χ1n) is 8.93. The molecule has 0 radical (unpaired) electrons. The lowest BCUT2D eigenvalue weighted by molar-refractivity contribution is 0.0617. The number of amides is 1. The van der Waals surface area contributed by atoms with Gasteiger partial charge in [0.25, 0.3) is 5.91 Å². The number of nitrogens with zero attached hydrogens (tertiary/aromatic N) is 4. The average molecular weight is 342 g/mol. The second-order valence-corrected chi connectivity index (χ2v) is 6.41. The van der Waals surface area contributed by atoms with Gasteiger partial charge in [0, 0.05) is 19.1 Å². The van der Waals surface area contributed by atoms with Gasteiger partial charge < -0.3 is 16.0 Å². The second kappa shape index (κ2) is 8.73. The van der Waals surface area contributed by atoms with E-state index in [1.165, 1.54) is 0 Å². The molecule has 7 heteroatoms. The van der Waals surface area contributed by atoms with Crippen molar-refractivity contribution in [2.45, 2.75) is 38.4 Å². The summed E-state index contributed by atoms with van der Waals surface area (Å²) in [5.41, 5.74) is 7.07. The maximum atomic E-state index is 13.1. The fourth-order valence-electron chi connectivity index (χ4n) is 3.17. The van der Waals surface area contributed by atoms with Gasteiger partial charge in [-0.15, -0.1) is 5.10 Å². The zero-order valence-corrected chi connectivity index (χ0v) is 14.5. The van der Waals surface area contributed by atoms with Crippen LogP contribution in [0.2, 0.25) is 0 Å². The average Bonchev–Trinajstić information content (AvgIpc) is 3.14. The third-order valence-corrected chi connectivity index (χ3v) is 4.56. The summed E-state index contributed by atoms with van der Waals surface area (Å²) in [5, 5.41) is 11.5.